The summed E-state index contributed by atoms with van der Waals surface area (Å²) in [4.78, 5) is 28.7. The van der Waals surface area contributed by atoms with Gasteiger partial charge in [0, 0.05) is 30.6 Å². The van der Waals surface area contributed by atoms with Gasteiger partial charge in [-0.05, 0) is 65.3 Å². The number of aryl methyl sites for hydroxylation is 2. The van der Waals surface area contributed by atoms with Crippen molar-refractivity contribution in [1.82, 2.24) is 4.90 Å². The van der Waals surface area contributed by atoms with E-state index in [1.165, 1.54) is 0 Å². The van der Waals surface area contributed by atoms with Crippen LogP contribution in [0.3, 0.4) is 0 Å². The van der Waals surface area contributed by atoms with Crippen molar-refractivity contribution in [3.8, 4) is 17.2 Å². The molecule has 214 valence electrons. The lowest BCUT2D eigenvalue weighted by Crippen LogP contribution is -2.35. The number of benzene rings is 3. The third-order valence-corrected chi connectivity index (χ3v) is 8.78. The first-order valence-corrected chi connectivity index (χ1v) is 14.4. The number of carboxylic acids is 1. The second-order valence-corrected chi connectivity index (χ2v) is 11.0. The van der Waals surface area contributed by atoms with E-state index < -0.39 is 17.9 Å². The fraction of sp³-hybridized carbons (Fsp3) is 0.394. The second kappa shape index (κ2) is 11.1. The molecule has 0 radical (unpaired) electrons. The Morgan fingerprint density at radius 3 is 2.49 bits per heavy atom. The molecule has 3 aromatic rings. The molecule has 2 N–H and O–H groups in total. The van der Waals surface area contributed by atoms with Gasteiger partial charge in [0.15, 0.2) is 11.5 Å². The number of nitrogens with one attached hydrogen (secondary N) is 1. The zero-order chi connectivity index (χ0) is 28.7. The molecule has 6 rings (SSSR count). The molecule has 0 saturated carbocycles. The Kier molecular flexibility index (Phi) is 7.34. The molecule has 3 aliphatic rings. The van der Waals surface area contributed by atoms with Gasteiger partial charge in [0.2, 0.25) is 12.7 Å². The summed E-state index contributed by atoms with van der Waals surface area (Å²) >= 11 is 0. The zero-order valence-electron chi connectivity index (χ0n) is 23.7. The number of ether oxygens (including phenoxy) is 3. The third kappa shape index (κ3) is 4.90. The average Bonchev–Trinajstić information content (AvgIpc) is 3.71. The van der Waals surface area contributed by atoms with E-state index >= 15 is 0 Å². The molecule has 1 amide bonds. The maximum atomic E-state index is 13.7. The first kappa shape index (κ1) is 27.1. The summed E-state index contributed by atoms with van der Waals surface area (Å²) in [7, 11) is 0. The van der Waals surface area contributed by atoms with Crippen molar-refractivity contribution in [2.75, 3.05) is 31.8 Å². The number of hydrogen-bond donors (Lipinski definition) is 2. The largest absolute Gasteiger partial charge is 0.493 e. The highest BCUT2D eigenvalue weighted by molar-refractivity contribution is 5.94. The third-order valence-electron chi connectivity index (χ3n) is 8.78. The van der Waals surface area contributed by atoms with Gasteiger partial charge < -0.3 is 24.6 Å². The van der Waals surface area contributed by atoms with Gasteiger partial charge in [-0.3, -0.25) is 14.5 Å². The van der Waals surface area contributed by atoms with Crippen LogP contribution in [0.25, 0.3) is 0 Å². The number of carboxylic acid groups (broad SMARTS) is 1. The maximum Gasteiger partial charge on any atom is 0.309 e. The highest BCUT2D eigenvalue weighted by atomic mass is 16.7. The Hall–Kier alpha value is -4.04. The fourth-order valence-electron chi connectivity index (χ4n) is 6.79. The summed E-state index contributed by atoms with van der Waals surface area (Å²) in [6, 6.07) is 15.4. The standard InChI is InChI=1S/C33H36N2O6/c1-4-20-7-6-8-21(5-2)30(20)34-28(36)17-35-16-25(24-10-12-27-32(19(24)3)41-18-40-27)29(33(37)38)31(35)23-9-11-26-22(15-23)13-14-39-26/h6-12,15,25,29,31H,4-5,13-14,16-18H2,1-3H3,(H,34,36)(H,37,38)/t25-,29?,31+/m1/s1. The SMILES string of the molecule is CCc1cccc(CC)c1NC(=O)CN1C[C@H](c2ccc3c(c2C)OCO3)C(C(=O)O)[C@@H]1c1ccc2c(c1)CCO2. The molecule has 8 heteroatoms. The van der Waals surface area contributed by atoms with E-state index in [-0.39, 0.29) is 25.2 Å². The molecule has 1 unspecified atom stereocenters. The van der Waals surface area contributed by atoms with E-state index in [2.05, 4.69) is 25.2 Å². The smallest absolute Gasteiger partial charge is 0.309 e. The first-order chi connectivity index (χ1) is 19.9. The molecular formula is C33H36N2O6. The van der Waals surface area contributed by atoms with E-state index in [1.54, 1.807) is 0 Å². The summed E-state index contributed by atoms with van der Waals surface area (Å²) in [5.74, 6) is 0.0222. The first-order valence-electron chi connectivity index (χ1n) is 14.4. The molecule has 0 spiro atoms. The number of likely N-dealkylation sites (tertiary alicyclic amines) is 1. The lowest BCUT2D eigenvalue weighted by atomic mass is 9.81. The van der Waals surface area contributed by atoms with Crippen LogP contribution < -0.4 is 19.5 Å². The highest BCUT2D eigenvalue weighted by Gasteiger charge is 2.48. The van der Waals surface area contributed by atoms with Crippen molar-refractivity contribution in [1.29, 1.82) is 0 Å². The number of carbonyl (C=O) groups is 2. The number of rotatable bonds is 8. The number of anilines is 1. The lowest BCUT2D eigenvalue weighted by molar-refractivity contribution is -0.143. The summed E-state index contributed by atoms with van der Waals surface area (Å²) in [6.07, 6.45) is 2.39. The fourth-order valence-corrected chi connectivity index (χ4v) is 6.79. The van der Waals surface area contributed by atoms with Crippen LogP contribution in [-0.4, -0.2) is 48.4 Å². The number of hydrogen-bond acceptors (Lipinski definition) is 6. The summed E-state index contributed by atoms with van der Waals surface area (Å²) in [6.45, 7) is 7.36. The van der Waals surface area contributed by atoms with Gasteiger partial charge in [-0.1, -0.05) is 50.2 Å². The van der Waals surface area contributed by atoms with Gasteiger partial charge in [-0.2, -0.15) is 0 Å². The minimum absolute atomic E-state index is 0.0728. The Bertz CT molecular complexity index is 1480. The van der Waals surface area contributed by atoms with Gasteiger partial charge >= 0.3 is 5.97 Å². The van der Waals surface area contributed by atoms with E-state index in [1.807, 2.05) is 54.3 Å². The highest BCUT2D eigenvalue weighted by Crippen LogP contribution is 2.50. The normalized spacial score (nSPS) is 21.0. The van der Waals surface area contributed by atoms with Gasteiger partial charge in [-0.25, -0.2) is 0 Å². The van der Waals surface area contributed by atoms with Crippen LogP contribution in [0.4, 0.5) is 5.69 Å². The molecule has 8 nitrogen and oxygen atoms in total. The van der Waals surface area contributed by atoms with Crippen LogP contribution in [0, 0.1) is 12.8 Å². The number of fused-ring (bicyclic) bond motifs is 2. The van der Waals surface area contributed by atoms with Crippen molar-refractivity contribution in [2.45, 2.75) is 52.0 Å². The summed E-state index contributed by atoms with van der Waals surface area (Å²) < 4.78 is 17.0. The number of nitrogens with zero attached hydrogens (tertiary/aromatic N) is 1. The molecule has 0 aromatic heterocycles. The molecule has 41 heavy (non-hydrogen) atoms. The predicted molar refractivity (Wildman–Crippen MR) is 155 cm³/mol. The molecule has 3 heterocycles. The predicted octanol–water partition coefficient (Wildman–Crippen LogP) is 5.26. The zero-order valence-corrected chi connectivity index (χ0v) is 23.7. The topological polar surface area (TPSA) is 97.3 Å². The van der Waals surface area contributed by atoms with Crippen LogP contribution in [0.15, 0.2) is 48.5 Å². The van der Waals surface area contributed by atoms with Gasteiger partial charge in [0.05, 0.1) is 19.1 Å². The second-order valence-electron chi connectivity index (χ2n) is 11.0. The number of carbonyl (C=O) groups excluding carboxylic acids is 1. The van der Waals surface area contributed by atoms with E-state index in [4.69, 9.17) is 14.2 Å². The lowest BCUT2D eigenvalue weighted by Gasteiger charge is -2.27. The van der Waals surface area contributed by atoms with Crippen molar-refractivity contribution < 1.29 is 28.9 Å². The molecule has 3 atom stereocenters. The van der Waals surface area contributed by atoms with Crippen LogP contribution in [0.2, 0.25) is 0 Å². The van der Waals surface area contributed by atoms with E-state index in [0.29, 0.717) is 24.7 Å². The Balaban J connectivity index is 1.37. The molecule has 1 saturated heterocycles. The minimum atomic E-state index is -0.888. The van der Waals surface area contributed by atoms with Crippen molar-refractivity contribution in [3.63, 3.8) is 0 Å². The summed E-state index contributed by atoms with van der Waals surface area (Å²) in [5.41, 5.74) is 6.79. The van der Waals surface area contributed by atoms with Crippen LogP contribution >= 0.6 is 0 Å². The molecule has 0 aliphatic carbocycles. The van der Waals surface area contributed by atoms with Gasteiger partial charge in [-0.15, -0.1) is 0 Å². The van der Waals surface area contributed by atoms with E-state index in [9.17, 15) is 14.7 Å². The monoisotopic (exact) mass is 556 g/mol. The Morgan fingerprint density at radius 1 is 1.00 bits per heavy atom. The molecule has 3 aromatic carbocycles. The Morgan fingerprint density at radius 2 is 1.76 bits per heavy atom. The average molecular weight is 557 g/mol. The van der Waals surface area contributed by atoms with E-state index in [0.717, 1.165) is 64.1 Å². The van der Waals surface area contributed by atoms with Crippen LogP contribution in [-0.2, 0) is 28.9 Å². The van der Waals surface area contributed by atoms with Crippen molar-refractivity contribution in [2.24, 2.45) is 5.92 Å². The van der Waals surface area contributed by atoms with Crippen LogP contribution in [0.1, 0.15) is 59.2 Å². The van der Waals surface area contributed by atoms with Gasteiger partial charge in [0.1, 0.15) is 5.75 Å². The molecular weight excluding hydrogens is 520 g/mol. The number of aliphatic carboxylic acids is 1. The quantitative estimate of drug-likeness (QED) is 0.391. The maximum absolute atomic E-state index is 13.7. The molecule has 3 aliphatic heterocycles. The number of para-hydroxylation sites is 1. The van der Waals surface area contributed by atoms with Crippen LogP contribution in [0.5, 0.6) is 17.2 Å². The Labute approximate surface area is 240 Å². The van der Waals surface area contributed by atoms with Crippen molar-refractivity contribution >= 4 is 17.6 Å². The van der Waals surface area contributed by atoms with Crippen molar-refractivity contribution in [3.05, 3.63) is 81.9 Å². The summed E-state index contributed by atoms with van der Waals surface area (Å²) in [5, 5.41) is 13.9. The molecule has 0 bridgehead atoms. The minimum Gasteiger partial charge on any atom is -0.493 e. The number of amides is 1. The van der Waals surface area contributed by atoms with Gasteiger partial charge in [0.25, 0.3) is 0 Å². The molecule has 1 fully saturated rings.